The maximum atomic E-state index is 12.6. The zero-order chi connectivity index (χ0) is 16.6. The Morgan fingerprint density at radius 1 is 0.833 bits per heavy atom. The van der Waals surface area contributed by atoms with Crippen molar-refractivity contribution in [1.29, 1.82) is 0 Å². The number of rotatable bonds is 3. The normalized spacial score (nSPS) is 19.0. The highest BCUT2D eigenvalue weighted by molar-refractivity contribution is 8.00. The maximum absolute atomic E-state index is 12.6. The number of carbonyl (C=O) groups excluding carboxylic acids is 1. The Kier molecular flexibility index (Phi) is 3.66. The second kappa shape index (κ2) is 5.84. The summed E-state index contributed by atoms with van der Waals surface area (Å²) in [5.41, 5.74) is 4.06. The van der Waals surface area contributed by atoms with Crippen LogP contribution in [0.25, 0.3) is 0 Å². The first-order valence-corrected chi connectivity index (χ1v) is 8.74. The van der Waals surface area contributed by atoms with Gasteiger partial charge in [-0.15, -0.1) is 0 Å². The lowest BCUT2D eigenvalue weighted by Gasteiger charge is -2.30. The second-order valence-electron chi connectivity index (χ2n) is 5.96. The molecule has 0 fully saturated rings. The Morgan fingerprint density at radius 2 is 1.50 bits per heavy atom. The number of aryl methyl sites for hydroxylation is 1. The predicted octanol–water partition coefficient (Wildman–Crippen LogP) is 4.73. The fraction of sp³-hybridized carbons (Fsp3) is 0.0952. The first kappa shape index (κ1) is 15.0. The summed E-state index contributed by atoms with van der Waals surface area (Å²) < 4.78 is 0. The molecular weight excluding hydrogens is 314 g/mol. The van der Waals surface area contributed by atoms with E-state index in [1.165, 1.54) is 5.56 Å². The van der Waals surface area contributed by atoms with Crippen LogP contribution in [0, 0.1) is 6.92 Å². The zero-order valence-corrected chi connectivity index (χ0v) is 14.1. The van der Waals surface area contributed by atoms with E-state index in [2.05, 4.69) is 48.6 Å². The first-order valence-electron chi connectivity index (χ1n) is 7.92. The van der Waals surface area contributed by atoms with Crippen molar-refractivity contribution in [3.8, 4) is 0 Å². The van der Waals surface area contributed by atoms with Crippen LogP contribution in [0.5, 0.6) is 0 Å². The highest BCUT2D eigenvalue weighted by atomic mass is 32.2. The van der Waals surface area contributed by atoms with Crippen molar-refractivity contribution in [3.63, 3.8) is 0 Å². The van der Waals surface area contributed by atoms with Crippen molar-refractivity contribution in [3.05, 3.63) is 101 Å². The Labute approximate surface area is 145 Å². The fourth-order valence-corrected chi connectivity index (χ4v) is 4.44. The summed E-state index contributed by atoms with van der Waals surface area (Å²) in [7, 11) is 0. The predicted molar refractivity (Wildman–Crippen MR) is 98.2 cm³/mol. The lowest BCUT2D eigenvalue weighted by molar-refractivity contribution is 0.0956. The number of amides is 1. The molecule has 3 aromatic rings. The van der Waals surface area contributed by atoms with Crippen LogP contribution in [0.3, 0.4) is 0 Å². The van der Waals surface area contributed by atoms with Gasteiger partial charge in [0.15, 0.2) is 0 Å². The molecule has 3 heteroatoms. The number of thioether (sulfide) groups is 1. The molecule has 1 amide bonds. The van der Waals surface area contributed by atoms with E-state index in [-0.39, 0.29) is 5.91 Å². The van der Waals surface area contributed by atoms with Gasteiger partial charge in [0, 0.05) is 16.0 Å². The minimum Gasteiger partial charge on any atom is -0.329 e. The zero-order valence-electron chi connectivity index (χ0n) is 13.3. The van der Waals surface area contributed by atoms with Crippen molar-refractivity contribution in [2.24, 2.45) is 0 Å². The molecule has 1 atom stereocenters. The van der Waals surface area contributed by atoms with Gasteiger partial charge in [-0.05, 0) is 30.7 Å². The summed E-state index contributed by atoms with van der Waals surface area (Å²) in [5.74, 6) is -0.0189. The van der Waals surface area contributed by atoms with E-state index in [0.29, 0.717) is 0 Å². The number of hydrogen-bond donors (Lipinski definition) is 1. The van der Waals surface area contributed by atoms with Gasteiger partial charge in [-0.25, -0.2) is 0 Å². The average molecular weight is 331 g/mol. The molecule has 0 aromatic heterocycles. The van der Waals surface area contributed by atoms with Gasteiger partial charge < -0.3 is 5.32 Å². The van der Waals surface area contributed by atoms with E-state index >= 15 is 0 Å². The van der Waals surface area contributed by atoms with E-state index in [0.717, 1.165) is 21.6 Å². The Balaban J connectivity index is 1.91. The van der Waals surface area contributed by atoms with E-state index in [4.69, 9.17) is 0 Å². The SMILES string of the molecule is Cc1ccc([C@]2(Sc3ccccc3)NC(=O)c3ccccc32)cc1. The number of carbonyl (C=O) groups is 1. The summed E-state index contributed by atoms with van der Waals surface area (Å²) in [6.45, 7) is 2.07. The highest BCUT2D eigenvalue weighted by Crippen LogP contribution is 2.48. The van der Waals surface area contributed by atoms with Gasteiger partial charge in [-0.3, -0.25) is 4.79 Å². The summed E-state index contributed by atoms with van der Waals surface area (Å²) in [4.78, 5) is 13.1. The molecule has 2 nitrogen and oxygen atoms in total. The van der Waals surface area contributed by atoms with Gasteiger partial charge in [-0.1, -0.05) is 78.0 Å². The molecule has 0 saturated carbocycles. The molecule has 0 aliphatic carbocycles. The summed E-state index contributed by atoms with van der Waals surface area (Å²) in [5, 5.41) is 3.24. The number of fused-ring (bicyclic) bond motifs is 1. The van der Waals surface area contributed by atoms with Crippen molar-refractivity contribution in [1.82, 2.24) is 5.32 Å². The molecule has 3 aromatic carbocycles. The van der Waals surface area contributed by atoms with Crippen LogP contribution in [-0.2, 0) is 4.87 Å². The maximum Gasteiger partial charge on any atom is 0.253 e. The van der Waals surface area contributed by atoms with E-state index < -0.39 is 4.87 Å². The molecule has 4 rings (SSSR count). The Bertz CT molecular complexity index is 889. The van der Waals surface area contributed by atoms with Crippen molar-refractivity contribution in [2.75, 3.05) is 0 Å². The largest absolute Gasteiger partial charge is 0.329 e. The summed E-state index contributed by atoms with van der Waals surface area (Å²) >= 11 is 1.67. The van der Waals surface area contributed by atoms with Gasteiger partial charge in [0.25, 0.3) is 5.91 Å². The van der Waals surface area contributed by atoms with Gasteiger partial charge in [0.1, 0.15) is 4.87 Å². The molecule has 0 unspecified atom stereocenters. The third kappa shape index (κ3) is 2.42. The Morgan fingerprint density at radius 3 is 2.25 bits per heavy atom. The van der Waals surface area contributed by atoms with Crippen molar-refractivity contribution < 1.29 is 4.79 Å². The van der Waals surface area contributed by atoms with Crippen molar-refractivity contribution in [2.45, 2.75) is 16.7 Å². The van der Waals surface area contributed by atoms with E-state index in [1.54, 1.807) is 11.8 Å². The molecule has 0 spiro atoms. The topological polar surface area (TPSA) is 29.1 Å². The summed E-state index contributed by atoms with van der Waals surface area (Å²) in [6, 6.07) is 26.4. The quantitative estimate of drug-likeness (QED) is 0.751. The van der Waals surface area contributed by atoms with Gasteiger partial charge >= 0.3 is 0 Å². The van der Waals surface area contributed by atoms with Crippen LogP contribution >= 0.6 is 11.8 Å². The number of benzene rings is 3. The van der Waals surface area contributed by atoms with Gasteiger partial charge in [0.05, 0.1) is 0 Å². The monoisotopic (exact) mass is 331 g/mol. The minimum atomic E-state index is -0.595. The molecule has 0 saturated heterocycles. The molecule has 0 radical (unpaired) electrons. The van der Waals surface area contributed by atoms with Crippen LogP contribution in [0.1, 0.15) is 27.0 Å². The molecule has 1 aliphatic heterocycles. The molecule has 1 heterocycles. The highest BCUT2D eigenvalue weighted by Gasteiger charge is 2.45. The van der Waals surface area contributed by atoms with Crippen molar-refractivity contribution >= 4 is 17.7 Å². The van der Waals surface area contributed by atoms with Crippen LogP contribution in [-0.4, -0.2) is 5.91 Å². The standard InChI is InChI=1S/C21H17NOS/c1-15-11-13-16(14-12-15)21(24-17-7-3-2-4-8-17)19-10-6-5-9-18(19)20(23)22-21/h2-14H,1H3,(H,22,23)/t21-/m1/s1. The van der Waals surface area contributed by atoms with Crippen LogP contribution < -0.4 is 5.32 Å². The summed E-state index contributed by atoms with van der Waals surface area (Å²) in [6.07, 6.45) is 0. The van der Waals surface area contributed by atoms with E-state index in [9.17, 15) is 4.79 Å². The molecular formula is C21H17NOS. The van der Waals surface area contributed by atoms with Crippen LogP contribution in [0.15, 0.2) is 83.8 Å². The minimum absolute atomic E-state index is 0.0189. The van der Waals surface area contributed by atoms with Crippen LogP contribution in [0.4, 0.5) is 0 Å². The molecule has 24 heavy (non-hydrogen) atoms. The van der Waals surface area contributed by atoms with E-state index in [1.807, 2.05) is 42.5 Å². The molecule has 1 aliphatic rings. The smallest absolute Gasteiger partial charge is 0.253 e. The average Bonchev–Trinajstić information content (AvgIpc) is 2.90. The molecule has 1 N–H and O–H groups in total. The first-order chi connectivity index (χ1) is 11.7. The van der Waals surface area contributed by atoms with Gasteiger partial charge in [0.2, 0.25) is 0 Å². The second-order valence-corrected chi connectivity index (χ2v) is 7.25. The Hall–Kier alpha value is -2.52. The van der Waals surface area contributed by atoms with Gasteiger partial charge in [-0.2, -0.15) is 0 Å². The third-order valence-corrected chi connectivity index (χ3v) is 5.68. The van der Waals surface area contributed by atoms with Crippen LogP contribution in [0.2, 0.25) is 0 Å². The third-order valence-electron chi connectivity index (χ3n) is 4.31. The lowest BCUT2D eigenvalue weighted by atomic mass is 9.97. The molecule has 0 bridgehead atoms. The fourth-order valence-electron chi connectivity index (χ4n) is 3.10. The molecule has 118 valence electrons. The number of nitrogens with one attached hydrogen (secondary N) is 1. The lowest BCUT2D eigenvalue weighted by Crippen LogP contribution is -2.37. The number of hydrogen-bond acceptors (Lipinski definition) is 2.